The van der Waals surface area contributed by atoms with Crippen molar-refractivity contribution in [3.8, 4) is 6.07 Å². The number of hydrogen-bond donors (Lipinski definition) is 3. The van der Waals surface area contributed by atoms with E-state index < -0.39 is 17.1 Å². The van der Waals surface area contributed by atoms with Gasteiger partial charge in [-0.3, -0.25) is 9.59 Å². The Hall–Kier alpha value is -3.60. The van der Waals surface area contributed by atoms with Gasteiger partial charge in [0.1, 0.15) is 22.2 Å². The van der Waals surface area contributed by atoms with Crippen molar-refractivity contribution in [2.75, 3.05) is 24.6 Å². The van der Waals surface area contributed by atoms with Gasteiger partial charge < -0.3 is 21.1 Å². The summed E-state index contributed by atoms with van der Waals surface area (Å²) >= 11 is 1.12. The summed E-state index contributed by atoms with van der Waals surface area (Å²) < 4.78 is 0. The second kappa shape index (κ2) is 12.4. The average molecular weight is 507 g/mol. The molecule has 0 aliphatic carbocycles. The summed E-state index contributed by atoms with van der Waals surface area (Å²) in [6, 6.07) is 11.3. The number of amides is 2. The molecule has 36 heavy (non-hydrogen) atoms. The Morgan fingerprint density at radius 1 is 1.36 bits per heavy atom. The third-order valence-electron chi connectivity index (χ3n) is 6.25. The molecule has 9 nitrogen and oxygen atoms in total. The van der Waals surface area contributed by atoms with Crippen LogP contribution in [-0.4, -0.2) is 47.6 Å². The number of aliphatic hydroxyl groups excluding tert-OH is 1. The number of aliphatic hydroxyl groups is 1. The molecule has 1 aromatic carbocycles. The quantitative estimate of drug-likeness (QED) is 0.351. The van der Waals surface area contributed by atoms with Crippen LogP contribution in [0.3, 0.4) is 0 Å². The number of nitrogens with zero attached hydrogens (tertiary/aromatic N) is 4. The lowest BCUT2D eigenvalue weighted by molar-refractivity contribution is -0.126. The first-order valence-corrected chi connectivity index (χ1v) is 12.7. The molecular formula is C26H30N6O3S. The second-order valence-electron chi connectivity index (χ2n) is 8.68. The van der Waals surface area contributed by atoms with E-state index in [4.69, 9.17) is 17.3 Å². The maximum absolute atomic E-state index is 12.3. The Labute approximate surface area is 215 Å². The zero-order chi connectivity index (χ0) is 26.2. The molecule has 2 aromatic rings. The normalized spacial score (nSPS) is 15.4. The molecule has 1 fully saturated rings. The molecule has 1 unspecified atom stereocenters. The molecule has 188 valence electrons. The zero-order valence-corrected chi connectivity index (χ0v) is 21.2. The van der Waals surface area contributed by atoms with Crippen LogP contribution in [0.5, 0.6) is 0 Å². The monoisotopic (exact) mass is 506 g/mol. The third-order valence-corrected chi connectivity index (χ3v) is 7.51. The maximum Gasteiger partial charge on any atom is 0.235 e. The molecule has 0 saturated carbocycles. The fourth-order valence-electron chi connectivity index (χ4n) is 4.16. The fraction of sp³-hybridized carbons (Fsp3) is 0.423. The highest BCUT2D eigenvalue weighted by molar-refractivity contribution is 8.00. The van der Waals surface area contributed by atoms with Gasteiger partial charge in [0, 0.05) is 19.1 Å². The molecule has 1 aliphatic rings. The highest BCUT2D eigenvalue weighted by atomic mass is 32.2. The number of rotatable bonds is 9. The van der Waals surface area contributed by atoms with Gasteiger partial charge in [0.2, 0.25) is 17.5 Å². The molecule has 10 heteroatoms. The van der Waals surface area contributed by atoms with Gasteiger partial charge in [0.25, 0.3) is 0 Å². The SMILES string of the molecule is [C-]#[N+]c1c(N2CCC(NC(=O)[C@H](C)CO)CC2)nc(SC(C(N)=O)c2ccccc2)c(C#N)c1CC. The summed E-state index contributed by atoms with van der Waals surface area (Å²) in [7, 11) is 0. The molecule has 0 bridgehead atoms. The number of hydrogen-bond acceptors (Lipinski definition) is 7. The van der Waals surface area contributed by atoms with Crippen LogP contribution in [0.2, 0.25) is 0 Å². The summed E-state index contributed by atoms with van der Waals surface area (Å²) in [6.07, 6.45) is 1.77. The van der Waals surface area contributed by atoms with Gasteiger partial charge in [-0.1, -0.05) is 55.9 Å². The number of nitrogens with two attached hydrogens (primary N) is 1. The highest BCUT2D eigenvalue weighted by Gasteiger charge is 2.29. The molecule has 1 aromatic heterocycles. The van der Waals surface area contributed by atoms with E-state index in [0.717, 1.165) is 11.8 Å². The summed E-state index contributed by atoms with van der Waals surface area (Å²) in [5.41, 5.74) is 7.66. The maximum atomic E-state index is 12.3. The van der Waals surface area contributed by atoms with Gasteiger partial charge in [-0.15, -0.1) is 0 Å². The topological polar surface area (TPSA) is 137 Å². The Bertz CT molecular complexity index is 1180. The number of nitriles is 1. The van der Waals surface area contributed by atoms with Gasteiger partial charge in [0.05, 0.1) is 24.7 Å². The molecule has 0 radical (unpaired) electrons. The Balaban J connectivity index is 1.94. The van der Waals surface area contributed by atoms with E-state index >= 15 is 0 Å². The number of carbonyl (C=O) groups excluding carboxylic acids is 2. The number of carbonyl (C=O) groups is 2. The molecular weight excluding hydrogens is 476 g/mol. The van der Waals surface area contributed by atoms with Crippen LogP contribution in [-0.2, 0) is 16.0 Å². The van der Waals surface area contributed by atoms with E-state index in [-0.39, 0.29) is 18.6 Å². The average Bonchev–Trinajstić information content (AvgIpc) is 2.90. The second-order valence-corrected chi connectivity index (χ2v) is 9.78. The fourth-order valence-corrected chi connectivity index (χ4v) is 5.22. The third kappa shape index (κ3) is 5.96. The zero-order valence-electron chi connectivity index (χ0n) is 20.4. The minimum absolute atomic E-state index is 0.0330. The Morgan fingerprint density at radius 2 is 2.03 bits per heavy atom. The van der Waals surface area contributed by atoms with Crippen LogP contribution in [0, 0.1) is 23.8 Å². The Morgan fingerprint density at radius 3 is 2.56 bits per heavy atom. The lowest BCUT2D eigenvalue weighted by atomic mass is 10.0. The van der Waals surface area contributed by atoms with Gasteiger partial charge in [-0.2, -0.15) is 5.26 Å². The van der Waals surface area contributed by atoms with Crippen LogP contribution >= 0.6 is 11.8 Å². The molecule has 2 heterocycles. The van der Waals surface area contributed by atoms with E-state index in [9.17, 15) is 20.0 Å². The first-order chi connectivity index (χ1) is 17.3. The predicted octanol–water partition coefficient (Wildman–Crippen LogP) is 3.10. The number of primary amides is 1. The highest BCUT2D eigenvalue weighted by Crippen LogP contribution is 2.43. The lowest BCUT2D eigenvalue weighted by Crippen LogP contribution is -2.46. The summed E-state index contributed by atoms with van der Waals surface area (Å²) in [5.74, 6) is -0.710. The number of aromatic nitrogens is 1. The largest absolute Gasteiger partial charge is 0.396 e. The van der Waals surface area contributed by atoms with Crippen LogP contribution in [0.15, 0.2) is 35.4 Å². The molecule has 4 N–H and O–H groups in total. The minimum Gasteiger partial charge on any atom is -0.396 e. The van der Waals surface area contributed by atoms with Crippen LogP contribution in [0.4, 0.5) is 11.5 Å². The van der Waals surface area contributed by atoms with E-state index in [1.54, 1.807) is 19.1 Å². The summed E-state index contributed by atoms with van der Waals surface area (Å²) in [5, 5.41) is 21.8. The van der Waals surface area contributed by atoms with E-state index in [1.165, 1.54) is 0 Å². The molecule has 1 aliphatic heterocycles. The smallest absolute Gasteiger partial charge is 0.235 e. The number of piperidine rings is 1. The number of thioether (sulfide) groups is 1. The first kappa shape index (κ1) is 27.0. The minimum atomic E-state index is -0.739. The van der Waals surface area contributed by atoms with Crippen LogP contribution < -0.4 is 16.0 Å². The molecule has 2 atom stereocenters. The van der Waals surface area contributed by atoms with Crippen molar-refractivity contribution in [2.24, 2.45) is 11.7 Å². The van der Waals surface area contributed by atoms with Crippen molar-refractivity contribution < 1.29 is 14.7 Å². The van der Waals surface area contributed by atoms with Gasteiger partial charge >= 0.3 is 0 Å². The van der Waals surface area contributed by atoms with Crippen molar-refractivity contribution in [1.82, 2.24) is 10.3 Å². The predicted molar refractivity (Wildman–Crippen MR) is 138 cm³/mol. The summed E-state index contributed by atoms with van der Waals surface area (Å²) in [4.78, 5) is 35.0. The van der Waals surface area contributed by atoms with E-state index in [0.29, 0.717) is 65.6 Å². The standard InChI is InChI=1S/C26H30N6O3S/c1-4-19-20(14-27)26(36-22(23(28)34)17-8-6-5-7-9-17)31-24(21(19)29-3)32-12-10-18(11-13-32)30-25(35)16(2)15-33/h5-9,16,18,22,33H,4,10-13,15H2,1-2H3,(H2,28,34)(H,30,35)/t16-,22?/m1/s1. The molecule has 2 amide bonds. The number of pyridine rings is 1. The molecule has 1 saturated heterocycles. The van der Waals surface area contributed by atoms with Crippen molar-refractivity contribution in [2.45, 2.75) is 49.4 Å². The van der Waals surface area contributed by atoms with Crippen molar-refractivity contribution in [3.63, 3.8) is 0 Å². The van der Waals surface area contributed by atoms with E-state index in [2.05, 4.69) is 16.2 Å². The van der Waals surface area contributed by atoms with Crippen molar-refractivity contribution >= 4 is 35.1 Å². The number of nitrogens with one attached hydrogen (secondary N) is 1. The molecule has 3 rings (SSSR count). The molecule has 0 spiro atoms. The van der Waals surface area contributed by atoms with Crippen LogP contribution in [0.25, 0.3) is 4.85 Å². The van der Waals surface area contributed by atoms with Gasteiger partial charge in [-0.05, 0) is 30.4 Å². The number of benzene rings is 1. The lowest BCUT2D eigenvalue weighted by Gasteiger charge is -2.35. The van der Waals surface area contributed by atoms with Crippen molar-refractivity contribution in [3.05, 3.63) is 58.4 Å². The number of anilines is 1. The summed E-state index contributed by atoms with van der Waals surface area (Å²) in [6.45, 7) is 12.3. The van der Waals surface area contributed by atoms with Gasteiger partial charge in [0.15, 0.2) is 0 Å². The van der Waals surface area contributed by atoms with E-state index in [1.807, 2.05) is 30.0 Å². The van der Waals surface area contributed by atoms with Crippen molar-refractivity contribution in [1.29, 1.82) is 5.26 Å². The Kier molecular flexibility index (Phi) is 9.29. The first-order valence-electron chi connectivity index (χ1n) is 11.9. The van der Waals surface area contributed by atoms with Gasteiger partial charge in [-0.25, -0.2) is 9.83 Å². The van der Waals surface area contributed by atoms with Crippen LogP contribution in [0.1, 0.15) is 48.6 Å².